The van der Waals surface area contributed by atoms with Crippen molar-refractivity contribution in [2.45, 2.75) is 11.2 Å². The van der Waals surface area contributed by atoms with Gasteiger partial charge in [-0.05, 0) is 63.0 Å². The summed E-state index contributed by atoms with van der Waals surface area (Å²) in [5.74, 6) is -0.187. The van der Waals surface area contributed by atoms with E-state index in [-0.39, 0.29) is 10.6 Å². The highest BCUT2D eigenvalue weighted by Crippen LogP contribution is 2.33. The molecule has 0 saturated heterocycles. The largest absolute Gasteiger partial charge is 0.207 e. The zero-order valence-electron chi connectivity index (χ0n) is 11.2. The van der Waals surface area contributed by atoms with E-state index in [1.165, 1.54) is 22.4 Å². The number of rotatable bonds is 3. The van der Waals surface area contributed by atoms with E-state index in [2.05, 4.69) is 81.0 Å². The Labute approximate surface area is 145 Å². The highest BCUT2D eigenvalue weighted by molar-refractivity contribution is 14.1. The van der Waals surface area contributed by atoms with Gasteiger partial charge in [-0.2, -0.15) is 0 Å². The Hall–Kier alpha value is -0.940. The highest BCUT2D eigenvalue weighted by atomic mass is 127. The Bertz CT molecular complexity index is 780. The van der Waals surface area contributed by atoms with Crippen LogP contribution in [0.15, 0.2) is 60.7 Å². The predicted molar refractivity (Wildman–Crippen MR) is 98.4 cm³/mol. The lowest BCUT2D eigenvalue weighted by Crippen LogP contribution is -1.99. The van der Waals surface area contributed by atoms with Gasteiger partial charge in [0, 0.05) is 8.40 Å². The molecule has 0 aliphatic carbocycles. The third kappa shape index (κ3) is 3.29. The van der Waals surface area contributed by atoms with Crippen molar-refractivity contribution < 1.29 is 4.39 Å². The SMILES string of the molecule is Fc1ccc(C(Br)Cc2cccc3ccccc23)c(I)c1. The molecule has 0 nitrogen and oxygen atoms in total. The van der Waals surface area contributed by atoms with Gasteiger partial charge in [-0.25, -0.2) is 4.39 Å². The number of halogens is 3. The van der Waals surface area contributed by atoms with Crippen LogP contribution in [-0.4, -0.2) is 0 Å². The summed E-state index contributed by atoms with van der Waals surface area (Å²) >= 11 is 5.95. The van der Waals surface area contributed by atoms with Gasteiger partial charge in [0.2, 0.25) is 0 Å². The number of alkyl halides is 1. The molecule has 3 rings (SSSR count). The van der Waals surface area contributed by atoms with E-state index >= 15 is 0 Å². The minimum absolute atomic E-state index is 0.177. The molecule has 0 fully saturated rings. The second kappa shape index (κ2) is 6.44. The van der Waals surface area contributed by atoms with Gasteiger partial charge in [-0.3, -0.25) is 0 Å². The van der Waals surface area contributed by atoms with Crippen molar-refractivity contribution in [1.29, 1.82) is 0 Å². The van der Waals surface area contributed by atoms with Crippen molar-refractivity contribution in [2.75, 3.05) is 0 Å². The molecule has 21 heavy (non-hydrogen) atoms. The molecular weight excluding hydrogens is 442 g/mol. The fourth-order valence-electron chi connectivity index (χ4n) is 2.53. The van der Waals surface area contributed by atoms with Crippen LogP contribution in [0.4, 0.5) is 4.39 Å². The average Bonchev–Trinajstić information content (AvgIpc) is 2.47. The minimum atomic E-state index is -0.187. The Morgan fingerprint density at radius 2 is 1.76 bits per heavy atom. The van der Waals surface area contributed by atoms with Gasteiger partial charge in [0.25, 0.3) is 0 Å². The first-order chi connectivity index (χ1) is 10.1. The van der Waals surface area contributed by atoms with Crippen LogP contribution >= 0.6 is 38.5 Å². The van der Waals surface area contributed by atoms with E-state index < -0.39 is 0 Å². The summed E-state index contributed by atoms with van der Waals surface area (Å²) in [6.45, 7) is 0. The van der Waals surface area contributed by atoms with Crippen LogP contribution in [-0.2, 0) is 6.42 Å². The number of fused-ring (bicyclic) bond motifs is 1. The van der Waals surface area contributed by atoms with Gasteiger partial charge in [-0.15, -0.1) is 0 Å². The average molecular weight is 455 g/mol. The van der Waals surface area contributed by atoms with Crippen molar-refractivity contribution in [3.63, 3.8) is 0 Å². The summed E-state index contributed by atoms with van der Waals surface area (Å²) < 4.78 is 14.2. The summed E-state index contributed by atoms with van der Waals surface area (Å²) in [4.78, 5) is 0.177. The summed E-state index contributed by atoms with van der Waals surface area (Å²) in [5, 5.41) is 2.53. The van der Waals surface area contributed by atoms with Crippen molar-refractivity contribution in [1.82, 2.24) is 0 Å². The number of benzene rings is 3. The standard InChI is InChI=1S/C18H13BrFI/c19-17(16-9-8-14(20)11-18(16)21)10-13-6-3-5-12-4-1-2-7-15(12)13/h1-9,11,17H,10H2. The lowest BCUT2D eigenvalue weighted by Gasteiger charge is -2.14. The highest BCUT2D eigenvalue weighted by Gasteiger charge is 2.14. The van der Waals surface area contributed by atoms with Gasteiger partial charge in [-0.1, -0.05) is 64.5 Å². The fraction of sp³-hybridized carbons (Fsp3) is 0.111. The second-order valence-electron chi connectivity index (χ2n) is 4.98. The second-order valence-corrected chi connectivity index (χ2v) is 7.24. The number of hydrogen-bond acceptors (Lipinski definition) is 0. The normalized spacial score (nSPS) is 12.5. The van der Waals surface area contributed by atoms with Crippen LogP contribution in [0.5, 0.6) is 0 Å². The molecule has 3 aromatic carbocycles. The Balaban J connectivity index is 1.94. The van der Waals surface area contributed by atoms with Crippen molar-refractivity contribution in [3.05, 3.63) is 81.2 Å². The van der Waals surface area contributed by atoms with E-state index in [4.69, 9.17) is 0 Å². The molecule has 0 spiro atoms. The molecule has 3 heteroatoms. The first kappa shape index (κ1) is 15.0. The molecule has 0 amide bonds. The van der Waals surface area contributed by atoms with E-state index in [1.807, 2.05) is 6.07 Å². The van der Waals surface area contributed by atoms with E-state index in [9.17, 15) is 4.39 Å². The minimum Gasteiger partial charge on any atom is -0.207 e. The van der Waals surface area contributed by atoms with Gasteiger partial charge < -0.3 is 0 Å². The molecule has 0 bridgehead atoms. The Kier molecular flexibility index (Phi) is 4.60. The van der Waals surface area contributed by atoms with Crippen LogP contribution in [0.2, 0.25) is 0 Å². The molecule has 0 radical (unpaired) electrons. The van der Waals surface area contributed by atoms with Gasteiger partial charge >= 0.3 is 0 Å². The maximum Gasteiger partial charge on any atom is 0.124 e. The van der Waals surface area contributed by atoms with Gasteiger partial charge in [0.05, 0.1) is 0 Å². The molecule has 0 saturated carbocycles. The van der Waals surface area contributed by atoms with Crippen LogP contribution in [0.3, 0.4) is 0 Å². The molecular formula is C18H13BrFI. The molecule has 0 aromatic heterocycles. The summed E-state index contributed by atoms with van der Waals surface area (Å²) in [7, 11) is 0. The van der Waals surface area contributed by atoms with Crippen LogP contribution in [0.1, 0.15) is 16.0 Å². The molecule has 0 N–H and O–H groups in total. The smallest absolute Gasteiger partial charge is 0.124 e. The van der Waals surface area contributed by atoms with E-state index in [0.717, 1.165) is 15.6 Å². The molecule has 1 atom stereocenters. The maximum absolute atomic E-state index is 13.2. The van der Waals surface area contributed by atoms with Crippen molar-refractivity contribution >= 4 is 49.3 Å². The third-order valence-electron chi connectivity index (χ3n) is 3.58. The van der Waals surface area contributed by atoms with Gasteiger partial charge in [0.1, 0.15) is 5.82 Å². The number of hydrogen-bond donors (Lipinski definition) is 0. The summed E-state index contributed by atoms with van der Waals surface area (Å²) in [6.07, 6.45) is 0.878. The quantitative estimate of drug-likeness (QED) is 0.323. The van der Waals surface area contributed by atoms with E-state index in [0.29, 0.717) is 0 Å². The van der Waals surface area contributed by atoms with Crippen LogP contribution in [0, 0.1) is 9.39 Å². The lowest BCUT2D eigenvalue weighted by molar-refractivity contribution is 0.625. The molecule has 3 aromatic rings. The first-order valence-corrected chi connectivity index (χ1v) is 8.70. The van der Waals surface area contributed by atoms with Crippen molar-refractivity contribution in [3.8, 4) is 0 Å². The molecule has 1 unspecified atom stereocenters. The van der Waals surface area contributed by atoms with Crippen LogP contribution in [0.25, 0.3) is 10.8 Å². The Morgan fingerprint density at radius 1 is 1.00 bits per heavy atom. The summed E-state index contributed by atoms with van der Waals surface area (Å²) in [5.41, 5.74) is 2.43. The molecule has 106 valence electrons. The monoisotopic (exact) mass is 454 g/mol. The zero-order chi connectivity index (χ0) is 14.8. The van der Waals surface area contributed by atoms with E-state index in [1.54, 1.807) is 6.07 Å². The lowest BCUT2D eigenvalue weighted by atomic mass is 9.98. The third-order valence-corrected chi connectivity index (χ3v) is 5.33. The molecule has 0 aliphatic heterocycles. The zero-order valence-corrected chi connectivity index (χ0v) is 14.9. The van der Waals surface area contributed by atoms with Crippen molar-refractivity contribution in [2.24, 2.45) is 0 Å². The Morgan fingerprint density at radius 3 is 2.57 bits per heavy atom. The molecule has 0 heterocycles. The first-order valence-electron chi connectivity index (χ1n) is 6.71. The summed E-state index contributed by atoms with van der Waals surface area (Å²) in [6, 6.07) is 19.7. The fourth-order valence-corrected chi connectivity index (χ4v) is 4.56. The molecule has 0 aliphatic rings. The van der Waals surface area contributed by atoms with Crippen LogP contribution < -0.4 is 0 Å². The van der Waals surface area contributed by atoms with Gasteiger partial charge in [0.15, 0.2) is 0 Å². The maximum atomic E-state index is 13.2. The predicted octanol–water partition coefficient (Wildman–Crippen LogP) is 6.26. The topological polar surface area (TPSA) is 0 Å².